The van der Waals surface area contributed by atoms with Gasteiger partial charge in [0.2, 0.25) is 0 Å². The van der Waals surface area contributed by atoms with Crippen LogP contribution in [0.1, 0.15) is 0 Å². The maximum Gasteiger partial charge on any atom is 0.298 e. The van der Waals surface area contributed by atoms with Gasteiger partial charge in [0.25, 0.3) is 6.47 Å². The highest BCUT2D eigenvalue weighted by molar-refractivity contribution is 6.11. The number of benzene rings is 4. The molecule has 0 atom stereocenters. The van der Waals surface area contributed by atoms with Gasteiger partial charge < -0.3 is 4.74 Å². The van der Waals surface area contributed by atoms with Crippen molar-refractivity contribution in [3.63, 3.8) is 0 Å². The molecule has 0 aromatic heterocycles. The van der Waals surface area contributed by atoms with E-state index in [2.05, 4.69) is 24.3 Å². The molecule has 0 bridgehead atoms. The fourth-order valence-corrected chi connectivity index (χ4v) is 3.08. The average Bonchev–Trinajstić information content (AvgIpc) is 2.62. The molecule has 2 heteroatoms. The Morgan fingerprint density at radius 3 is 2.22 bits per heavy atom. The van der Waals surface area contributed by atoms with E-state index in [1.807, 2.05) is 54.6 Å². The Hall–Kier alpha value is -3.13. The molecule has 0 aliphatic carbocycles. The minimum atomic E-state index is 0.496. The van der Waals surface area contributed by atoms with Gasteiger partial charge in [0, 0.05) is 10.9 Å². The fraction of sp³-hybridized carbons (Fsp3) is 0. The third-order valence-corrected chi connectivity index (χ3v) is 4.13. The molecule has 110 valence electrons. The zero-order valence-corrected chi connectivity index (χ0v) is 12.4. The van der Waals surface area contributed by atoms with Crippen LogP contribution in [0.2, 0.25) is 0 Å². The second kappa shape index (κ2) is 5.58. The number of carbonyl (C=O) groups is 1. The van der Waals surface area contributed by atoms with E-state index in [4.69, 9.17) is 4.74 Å². The molecular weight excluding hydrogens is 284 g/mol. The summed E-state index contributed by atoms with van der Waals surface area (Å²) in [5, 5.41) is 4.35. The van der Waals surface area contributed by atoms with Crippen LogP contribution in [-0.2, 0) is 4.79 Å². The summed E-state index contributed by atoms with van der Waals surface area (Å²) >= 11 is 0. The van der Waals surface area contributed by atoms with Crippen LogP contribution >= 0.6 is 0 Å². The van der Waals surface area contributed by atoms with Crippen LogP contribution in [-0.4, -0.2) is 6.47 Å². The normalized spacial score (nSPS) is 10.8. The zero-order valence-electron chi connectivity index (χ0n) is 12.4. The lowest BCUT2D eigenvalue weighted by Crippen LogP contribution is -1.94. The molecule has 0 unspecified atom stereocenters. The Morgan fingerprint density at radius 1 is 0.652 bits per heavy atom. The Morgan fingerprint density at radius 2 is 1.39 bits per heavy atom. The summed E-state index contributed by atoms with van der Waals surface area (Å²) in [4.78, 5) is 11.0. The van der Waals surface area contributed by atoms with Crippen molar-refractivity contribution < 1.29 is 9.53 Å². The summed E-state index contributed by atoms with van der Waals surface area (Å²) in [5.41, 5.74) is 1.94. The van der Waals surface area contributed by atoms with Crippen LogP contribution < -0.4 is 4.74 Å². The second-order valence-electron chi connectivity index (χ2n) is 5.40. The molecule has 2 nitrogen and oxygen atoms in total. The summed E-state index contributed by atoms with van der Waals surface area (Å²) in [5.74, 6) is 0.606. The molecule has 0 aliphatic rings. The maximum absolute atomic E-state index is 11.0. The Balaban J connectivity index is 2.08. The Labute approximate surface area is 133 Å². The molecule has 23 heavy (non-hydrogen) atoms. The molecule has 0 spiro atoms. The van der Waals surface area contributed by atoms with Gasteiger partial charge in [-0.05, 0) is 33.9 Å². The lowest BCUT2D eigenvalue weighted by Gasteiger charge is -2.13. The van der Waals surface area contributed by atoms with Crippen molar-refractivity contribution in [1.29, 1.82) is 0 Å². The number of carbonyl (C=O) groups excluding carboxylic acids is 1. The van der Waals surface area contributed by atoms with Gasteiger partial charge in [0.05, 0.1) is 0 Å². The number of fused-ring (bicyclic) bond motifs is 3. The molecule has 0 amide bonds. The van der Waals surface area contributed by atoms with Crippen molar-refractivity contribution in [3.8, 4) is 16.9 Å². The van der Waals surface area contributed by atoms with E-state index >= 15 is 0 Å². The summed E-state index contributed by atoms with van der Waals surface area (Å²) in [6.07, 6.45) is 0. The monoisotopic (exact) mass is 298 g/mol. The largest absolute Gasteiger partial charge is 0.427 e. The SMILES string of the molecule is O=COc1c(-c2ccccc2)ccc2c1ccc1ccccc12. The molecule has 0 saturated carbocycles. The molecular formula is C21H14O2. The van der Waals surface area contributed by atoms with Gasteiger partial charge in [-0.3, -0.25) is 4.79 Å². The third kappa shape index (κ3) is 2.25. The molecule has 0 heterocycles. The lowest BCUT2D eigenvalue weighted by atomic mass is 9.96. The molecule has 0 N–H and O–H groups in total. The smallest absolute Gasteiger partial charge is 0.298 e. The minimum absolute atomic E-state index is 0.496. The van der Waals surface area contributed by atoms with E-state index in [1.54, 1.807) is 0 Å². The van der Waals surface area contributed by atoms with Crippen LogP contribution in [0.3, 0.4) is 0 Å². The van der Waals surface area contributed by atoms with E-state index in [0.29, 0.717) is 12.2 Å². The molecule has 0 radical (unpaired) electrons. The third-order valence-electron chi connectivity index (χ3n) is 4.13. The minimum Gasteiger partial charge on any atom is -0.427 e. The van der Waals surface area contributed by atoms with Gasteiger partial charge in [-0.15, -0.1) is 0 Å². The van der Waals surface area contributed by atoms with E-state index in [9.17, 15) is 4.79 Å². The number of hydrogen-bond acceptors (Lipinski definition) is 2. The van der Waals surface area contributed by atoms with Crippen LogP contribution in [0.25, 0.3) is 32.7 Å². The molecule has 0 fully saturated rings. The first-order valence-corrected chi connectivity index (χ1v) is 7.48. The highest BCUT2D eigenvalue weighted by atomic mass is 16.5. The van der Waals surface area contributed by atoms with E-state index in [0.717, 1.165) is 27.3 Å². The van der Waals surface area contributed by atoms with Crippen LogP contribution in [0.15, 0.2) is 78.9 Å². The van der Waals surface area contributed by atoms with Gasteiger partial charge in [-0.1, -0.05) is 66.7 Å². The Kier molecular flexibility index (Phi) is 3.28. The zero-order chi connectivity index (χ0) is 15.6. The first-order chi connectivity index (χ1) is 11.4. The molecule has 4 aromatic rings. The summed E-state index contributed by atoms with van der Waals surface area (Å²) in [7, 11) is 0. The van der Waals surface area contributed by atoms with Gasteiger partial charge in [-0.2, -0.15) is 0 Å². The first-order valence-electron chi connectivity index (χ1n) is 7.48. The van der Waals surface area contributed by atoms with Crippen molar-refractivity contribution in [2.24, 2.45) is 0 Å². The summed E-state index contributed by atoms with van der Waals surface area (Å²) < 4.78 is 5.37. The Bertz CT molecular complexity index is 1000. The van der Waals surface area contributed by atoms with Crippen molar-refractivity contribution in [3.05, 3.63) is 78.9 Å². The highest BCUT2D eigenvalue weighted by Crippen LogP contribution is 2.39. The second-order valence-corrected chi connectivity index (χ2v) is 5.40. The number of hydrogen-bond donors (Lipinski definition) is 0. The van der Waals surface area contributed by atoms with Gasteiger partial charge in [-0.25, -0.2) is 0 Å². The topological polar surface area (TPSA) is 26.3 Å². The molecule has 0 aliphatic heterocycles. The summed E-state index contributed by atoms with van der Waals surface area (Å²) in [6, 6.07) is 26.4. The maximum atomic E-state index is 11.0. The average molecular weight is 298 g/mol. The summed E-state index contributed by atoms with van der Waals surface area (Å²) in [6.45, 7) is 0.496. The van der Waals surface area contributed by atoms with E-state index < -0.39 is 0 Å². The fourth-order valence-electron chi connectivity index (χ4n) is 3.08. The van der Waals surface area contributed by atoms with Crippen LogP contribution in [0.5, 0.6) is 5.75 Å². The predicted octanol–water partition coefficient (Wildman–Crippen LogP) is 5.20. The number of ether oxygens (including phenoxy) is 1. The predicted molar refractivity (Wildman–Crippen MR) is 93.6 cm³/mol. The van der Waals surface area contributed by atoms with Crippen molar-refractivity contribution in [1.82, 2.24) is 0 Å². The standard InChI is InChI=1S/C21H14O2/c22-14-23-21-18(15-6-2-1-3-7-15)12-13-19-17-9-5-4-8-16(17)10-11-20(19)21/h1-14H. The van der Waals surface area contributed by atoms with Gasteiger partial charge >= 0.3 is 0 Å². The molecule has 0 saturated heterocycles. The number of rotatable bonds is 3. The van der Waals surface area contributed by atoms with E-state index in [-0.39, 0.29) is 0 Å². The van der Waals surface area contributed by atoms with Crippen molar-refractivity contribution in [2.45, 2.75) is 0 Å². The van der Waals surface area contributed by atoms with E-state index in [1.165, 1.54) is 5.39 Å². The van der Waals surface area contributed by atoms with Crippen LogP contribution in [0.4, 0.5) is 0 Å². The van der Waals surface area contributed by atoms with Crippen molar-refractivity contribution in [2.75, 3.05) is 0 Å². The molecule has 4 aromatic carbocycles. The highest BCUT2D eigenvalue weighted by Gasteiger charge is 2.12. The quantitative estimate of drug-likeness (QED) is 0.384. The lowest BCUT2D eigenvalue weighted by molar-refractivity contribution is -0.120. The van der Waals surface area contributed by atoms with Crippen LogP contribution in [0, 0.1) is 0 Å². The van der Waals surface area contributed by atoms with Crippen molar-refractivity contribution >= 4 is 28.0 Å². The molecule has 4 rings (SSSR count). The van der Waals surface area contributed by atoms with Gasteiger partial charge in [0.1, 0.15) is 5.75 Å². The van der Waals surface area contributed by atoms with Gasteiger partial charge in [0.15, 0.2) is 0 Å². The first kappa shape index (κ1) is 13.5.